The molecule has 0 radical (unpaired) electrons. The summed E-state index contributed by atoms with van der Waals surface area (Å²) in [6.07, 6.45) is 18.8. The van der Waals surface area contributed by atoms with Gasteiger partial charge in [0.15, 0.2) is 0 Å². The Labute approximate surface area is 229 Å². The van der Waals surface area contributed by atoms with E-state index >= 15 is 0 Å². The molecule has 2 N–H and O–H groups in total. The van der Waals surface area contributed by atoms with Gasteiger partial charge in [0.05, 0.1) is 5.92 Å². The highest BCUT2D eigenvalue weighted by atomic mass is 16.2. The van der Waals surface area contributed by atoms with Crippen molar-refractivity contribution in [2.75, 3.05) is 24.5 Å². The SMILES string of the molecule is O=C(NC1CCCCC1)C1CCCCC1N1CCC2(CC1)CN(C(=O)NC1CCCCC1)c1ccccc12. The molecule has 0 bridgehead atoms. The van der Waals surface area contributed by atoms with E-state index in [-0.39, 0.29) is 17.4 Å². The van der Waals surface area contributed by atoms with Crippen LogP contribution in [0.5, 0.6) is 0 Å². The lowest BCUT2D eigenvalue weighted by molar-refractivity contribution is -0.129. The van der Waals surface area contributed by atoms with Crippen LogP contribution in [-0.4, -0.2) is 54.6 Å². The van der Waals surface area contributed by atoms with Crippen LogP contribution in [0.2, 0.25) is 0 Å². The summed E-state index contributed by atoms with van der Waals surface area (Å²) in [6.45, 7) is 2.82. The molecule has 3 aliphatic carbocycles. The Morgan fingerprint density at radius 1 is 0.737 bits per heavy atom. The molecule has 38 heavy (non-hydrogen) atoms. The maximum Gasteiger partial charge on any atom is 0.322 e. The molecule has 3 amide bonds. The van der Waals surface area contributed by atoms with Crippen LogP contribution in [-0.2, 0) is 10.2 Å². The van der Waals surface area contributed by atoms with Crippen LogP contribution in [0.4, 0.5) is 10.5 Å². The number of benzene rings is 1. The van der Waals surface area contributed by atoms with Gasteiger partial charge in [-0.1, -0.05) is 69.6 Å². The van der Waals surface area contributed by atoms with Gasteiger partial charge in [-0.25, -0.2) is 4.79 Å². The summed E-state index contributed by atoms with van der Waals surface area (Å²) in [5, 5.41) is 6.82. The minimum absolute atomic E-state index is 0.0333. The van der Waals surface area contributed by atoms with E-state index in [1.54, 1.807) is 0 Å². The minimum atomic E-state index is 0.0333. The van der Waals surface area contributed by atoms with Crippen LogP contribution in [0.15, 0.2) is 24.3 Å². The summed E-state index contributed by atoms with van der Waals surface area (Å²) in [5.74, 6) is 0.451. The third-order valence-electron chi connectivity index (χ3n) is 10.6. The number of carbonyl (C=O) groups excluding carboxylic acids is 2. The predicted octanol–water partition coefficient (Wildman–Crippen LogP) is 5.89. The molecule has 2 atom stereocenters. The summed E-state index contributed by atoms with van der Waals surface area (Å²) in [6, 6.07) is 9.80. The van der Waals surface area contributed by atoms with E-state index < -0.39 is 0 Å². The molecule has 1 saturated heterocycles. The van der Waals surface area contributed by atoms with Crippen molar-refractivity contribution < 1.29 is 9.59 Å². The Bertz CT molecular complexity index is 975. The molecule has 4 fully saturated rings. The number of hydrogen-bond acceptors (Lipinski definition) is 3. The molecule has 3 saturated carbocycles. The largest absolute Gasteiger partial charge is 0.353 e. The summed E-state index contributed by atoms with van der Waals surface area (Å²) in [5.41, 5.74) is 2.50. The molecule has 2 heterocycles. The summed E-state index contributed by atoms with van der Waals surface area (Å²) < 4.78 is 0. The van der Waals surface area contributed by atoms with Crippen LogP contribution in [0.1, 0.15) is 108 Å². The van der Waals surface area contributed by atoms with Crippen molar-refractivity contribution in [1.29, 1.82) is 0 Å². The van der Waals surface area contributed by atoms with Crippen LogP contribution >= 0.6 is 0 Å². The average molecular weight is 521 g/mol. The topological polar surface area (TPSA) is 64.7 Å². The minimum Gasteiger partial charge on any atom is -0.353 e. The standard InChI is InChI=1S/C32H48N4O2/c37-30(33-24-11-3-1-4-12-24)26-15-7-9-17-28(26)35-21-19-32(20-22-35)23-36(29-18-10-8-16-27(29)32)31(38)34-25-13-5-2-6-14-25/h8,10,16,18,24-26,28H,1-7,9,11-15,17,19-23H2,(H,33,37)(H,34,38). The van der Waals surface area contributed by atoms with E-state index in [2.05, 4.69) is 39.8 Å². The van der Waals surface area contributed by atoms with Gasteiger partial charge in [0.2, 0.25) is 5.91 Å². The summed E-state index contributed by atoms with van der Waals surface area (Å²) in [4.78, 5) is 31.6. The van der Waals surface area contributed by atoms with Crippen molar-refractivity contribution in [2.24, 2.45) is 5.92 Å². The van der Waals surface area contributed by atoms with E-state index in [0.717, 1.165) is 76.7 Å². The van der Waals surface area contributed by atoms with Gasteiger partial charge >= 0.3 is 6.03 Å². The Hall–Kier alpha value is -2.08. The monoisotopic (exact) mass is 520 g/mol. The van der Waals surface area contributed by atoms with Crippen LogP contribution in [0.3, 0.4) is 0 Å². The number of anilines is 1. The van der Waals surface area contributed by atoms with Gasteiger partial charge in [0.25, 0.3) is 0 Å². The zero-order valence-corrected chi connectivity index (χ0v) is 23.3. The van der Waals surface area contributed by atoms with E-state index in [1.807, 2.05) is 4.90 Å². The van der Waals surface area contributed by atoms with Crippen LogP contribution in [0.25, 0.3) is 0 Å². The number of urea groups is 1. The quantitative estimate of drug-likeness (QED) is 0.520. The lowest BCUT2D eigenvalue weighted by atomic mass is 9.73. The number of carbonyl (C=O) groups is 2. The van der Waals surface area contributed by atoms with E-state index in [1.165, 1.54) is 56.9 Å². The van der Waals surface area contributed by atoms with E-state index in [9.17, 15) is 9.59 Å². The number of rotatable bonds is 4. The Morgan fingerprint density at radius 2 is 1.34 bits per heavy atom. The van der Waals surface area contributed by atoms with Gasteiger partial charge in [-0.3, -0.25) is 14.6 Å². The summed E-state index contributed by atoms with van der Waals surface area (Å²) in [7, 11) is 0. The van der Waals surface area contributed by atoms with Gasteiger partial charge in [-0.2, -0.15) is 0 Å². The molecule has 6 rings (SSSR count). The highest BCUT2D eigenvalue weighted by molar-refractivity contribution is 5.95. The van der Waals surface area contributed by atoms with Gasteiger partial charge in [0.1, 0.15) is 0 Å². The van der Waals surface area contributed by atoms with Crippen molar-refractivity contribution in [2.45, 2.75) is 126 Å². The Morgan fingerprint density at radius 3 is 2.05 bits per heavy atom. The predicted molar refractivity (Wildman–Crippen MR) is 152 cm³/mol. The molecular weight excluding hydrogens is 472 g/mol. The second-order valence-electron chi connectivity index (χ2n) is 13.0. The molecule has 1 spiro atoms. The van der Waals surface area contributed by atoms with Crippen molar-refractivity contribution in [3.63, 3.8) is 0 Å². The fourth-order valence-corrected chi connectivity index (χ4v) is 8.43. The normalized spacial score (nSPS) is 28.7. The molecule has 6 nitrogen and oxygen atoms in total. The third kappa shape index (κ3) is 5.35. The Balaban J connectivity index is 1.12. The van der Waals surface area contributed by atoms with Gasteiger partial charge in [-0.15, -0.1) is 0 Å². The highest BCUT2D eigenvalue weighted by Crippen LogP contribution is 2.48. The molecule has 2 aliphatic heterocycles. The van der Waals surface area contributed by atoms with Gasteiger partial charge in [0, 0.05) is 35.8 Å². The molecule has 1 aromatic rings. The van der Waals surface area contributed by atoms with Gasteiger partial charge in [-0.05, 0) is 76.1 Å². The zero-order chi connectivity index (χ0) is 26.0. The first-order valence-electron chi connectivity index (χ1n) is 15.8. The highest BCUT2D eigenvalue weighted by Gasteiger charge is 2.48. The number of piperidine rings is 1. The lowest BCUT2D eigenvalue weighted by Crippen LogP contribution is -2.55. The van der Waals surface area contributed by atoms with Crippen molar-refractivity contribution in [3.05, 3.63) is 29.8 Å². The number of nitrogens with zero attached hydrogens (tertiary/aromatic N) is 2. The first-order valence-corrected chi connectivity index (χ1v) is 15.8. The molecule has 1 aromatic carbocycles. The maximum atomic E-state index is 13.5. The number of para-hydroxylation sites is 1. The molecule has 5 aliphatic rings. The smallest absolute Gasteiger partial charge is 0.322 e. The van der Waals surface area contributed by atoms with Crippen molar-refractivity contribution in [3.8, 4) is 0 Å². The van der Waals surface area contributed by atoms with E-state index in [4.69, 9.17) is 0 Å². The second-order valence-corrected chi connectivity index (χ2v) is 13.0. The van der Waals surface area contributed by atoms with Gasteiger partial charge < -0.3 is 10.6 Å². The van der Waals surface area contributed by atoms with Crippen molar-refractivity contribution in [1.82, 2.24) is 15.5 Å². The molecule has 6 heteroatoms. The fraction of sp³-hybridized carbons (Fsp3) is 0.750. The number of likely N-dealkylation sites (tertiary alicyclic amines) is 1. The maximum absolute atomic E-state index is 13.5. The molecule has 0 aromatic heterocycles. The zero-order valence-electron chi connectivity index (χ0n) is 23.3. The number of hydrogen-bond donors (Lipinski definition) is 2. The lowest BCUT2D eigenvalue weighted by Gasteiger charge is -2.46. The molecule has 208 valence electrons. The number of fused-ring (bicyclic) bond motifs is 2. The average Bonchev–Trinajstić information content (AvgIpc) is 3.28. The first-order chi connectivity index (χ1) is 18.6. The fourth-order valence-electron chi connectivity index (χ4n) is 8.43. The Kier molecular flexibility index (Phi) is 7.97. The van der Waals surface area contributed by atoms with E-state index in [0.29, 0.717) is 24.0 Å². The molecular formula is C32H48N4O2. The number of amides is 3. The third-order valence-corrected chi connectivity index (χ3v) is 10.6. The molecule has 2 unspecified atom stereocenters. The number of nitrogens with one attached hydrogen (secondary N) is 2. The first kappa shape index (κ1) is 26.2. The van der Waals surface area contributed by atoms with Crippen LogP contribution in [0, 0.1) is 5.92 Å². The van der Waals surface area contributed by atoms with Crippen molar-refractivity contribution >= 4 is 17.6 Å². The van der Waals surface area contributed by atoms with Crippen LogP contribution < -0.4 is 15.5 Å². The summed E-state index contributed by atoms with van der Waals surface area (Å²) >= 11 is 0. The second kappa shape index (κ2) is 11.6.